The van der Waals surface area contributed by atoms with Gasteiger partial charge in [0.2, 0.25) is 0 Å². The van der Waals surface area contributed by atoms with E-state index in [9.17, 15) is 4.79 Å². The predicted octanol–water partition coefficient (Wildman–Crippen LogP) is 2.22. The minimum Gasteiger partial charge on any atom is -0.373 e. The van der Waals surface area contributed by atoms with Gasteiger partial charge in [-0.15, -0.1) is 0 Å². The van der Waals surface area contributed by atoms with Crippen molar-refractivity contribution in [3.63, 3.8) is 0 Å². The third-order valence-corrected chi connectivity index (χ3v) is 8.99. The molecule has 4 nitrogen and oxygen atoms in total. The van der Waals surface area contributed by atoms with Gasteiger partial charge in [-0.25, -0.2) is 9.28 Å². The van der Waals surface area contributed by atoms with E-state index in [0.29, 0.717) is 47.3 Å². The minimum absolute atomic E-state index is 0.108. The van der Waals surface area contributed by atoms with E-state index < -0.39 is 0 Å². The summed E-state index contributed by atoms with van der Waals surface area (Å²) in [6.07, 6.45) is 5.49. The zero-order valence-corrected chi connectivity index (χ0v) is 15.2. The second kappa shape index (κ2) is 4.32. The largest absolute Gasteiger partial charge is 0.373 e. The summed E-state index contributed by atoms with van der Waals surface area (Å²) in [5.41, 5.74) is 4.50. The Kier molecular flexibility index (Phi) is 2.42. The van der Waals surface area contributed by atoms with E-state index in [1.165, 1.54) is 30.6 Å². The topological polar surface area (TPSA) is 29.5 Å². The molecule has 1 saturated carbocycles. The number of hydrogen-bond acceptors (Lipinski definition) is 3. The lowest BCUT2D eigenvalue weighted by Crippen LogP contribution is -2.75. The fraction of sp³-hybridized carbons (Fsp3) is 0.591. The van der Waals surface area contributed by atoms with E-state index in [1.54, 1.807) is 5.57 Å². The summed E-state index contributed by atoms with van der Waals surface area (Å²) >= 11 is 0. The Balaban J connectivity index is 1.58. The first-order valence-electron chi connectivity index (χ1n) is 10.2. The maximum Gasteiger partial charge on any atom is 0.321 e. The number of ether oxygens (including phenoxy) is 1. The van der Waals surface area contributed by atoms with Crippen LogP contribution in [-0.4, -0.2) is 55.7 Å². The minimum atomic E-state index is 0.108. The number of carbonyl (C=O) groups is 1. The quantitative estimate of drug-likeness (QED) is 0.531. The number of piperidine rings is 2. The zero-order chi connectivity index (χ0) is 17.3. The highest BCUT2D eigenvalue weighted by molar-refractivity contribution is 5.94. The Hall–Kier alpha value is -1.49. The average molecular weight is 349 g/mol. The molecule has 5 heterocycles. The van der Waals surface area contributed by atoms with Crippen LogP contribution in [0.1, 0.15) is 24.8 Å². The Bertz CT molecular complexity index is 894. The standard InChI is InChI=1S/C22H25N2O2/c1-24-16-5-3-2-4-15(16)22-7-8-23-12-13-6-9-26-17(11-19(24)25)20(21(22)24)14(13)10-18(22)23/h2-6,14,17-18,20-21H,7-12H2,1H3/q+1/t14-,17?,18-,20-,21?,22+,24?/m0/s1. The first-order valence-corrected chi connectivity index (χ1v) is 10.2. The van der Waals surface area contributed by atoms with Gasteiger partial charge < -0.3 is 4.74 Å². The monoisotopic (exact) mass is 349 g/mol. The van der Waals surface area contributed by atoms with Crippen LogP contribution < -0.4 is 4.48 Å². The molecule has 0 radical (unpaired) electrons. The lowest BCUT2D eigenvalue weighted by Gasteiger charge is -2.58. The van der Waals surface area contributed by atoms with Crippen molar-refractivity contribution in [2.75, 3.05) is 26.7 Å². The second-order valence-corrected chi connectivity index (χ2v) is 9.48. The third kappa shape index (κ3) is 1.30. The highest BCUT2D eigenvalue weighted by Gasteiger charge is 2.77. The smallest absolute Gasteiger partial charge is 0.321 e. The van der Waals surface area contributed by atoms with Gasteiger partial charge in [0.05, 0.1) is 31.6 Å². The molecular formula is C22H25N2O2+. The highest BCUT2D eigenvalue weighted by atomic mass is 16.5. The van der Waals surface area contributed by atoms with Gasteiger partial charge in [-0.1, -0.05) is 29.8 Å². The normalized spacial score (nSPS) is 50.3. The summed E-state index contributed by atoms with van der Waals surface area (Å²) in [5, 5.41) is 0. The second-order valence-electron chi connectivity index (χ2n) is 9.48. The van der Waals surface area contributed by atoms with Crippen molar-refractivity contribution in [2.24, 2.45) is 11.8 Å². The average Bonchev–Trinajstić information content (AvgIpc) is 3.08. The molecule has 134 valence electrons. The molecule has 3 unspecified atom stereocenters. The summed E-state index contributed by atoms with van der Waals surface area (Å²) in [5.74, 6) is 1.46. The van der Waals surface area contributed by atoms with Gasteiger partial charge in [0.15, 0.2) is 0 Å². The number of quaternary nitrogens is 1. The third-order valence-electron chi connectivity index (χ3n) is 8.99. The first-order chi connectivity index (χ1) is 12.7. The van der Waals surface area contributed by atoms with Crippen molar-refractivity contribution in [3.8, 4) is 0 Å². The molecule has 1 amide bonds. The zero-order valence-electron chi connectivity index (χ0n) is 15.2. The van der Waals surface area contributed by atoms with Crippen LogP contribution in [0.25, 0.3) is 0 Å². The molecular weight excluding hydrogens is 324 g/mol. The number of carbonyl (C=O) groups excluding carboxylic acids is 1. The van der Waals surface area contributed by atoms with Crippen LogP contribution in [-0.2, 0) is 14.9 Å². The van der Waals surface area contributed by atoms with Crippen molar-refractivity contribution >= 4 is 11.6 Å². The van der Waals surface area contributed by atoms with Gasteiger partial charge in [0.25, 0.3) is 0 Å². The molecule has 4 fully saturated rings. The van der Waals surface area contributed by atoms with Gasteiger partial charge >= 0.3 is 5.91 Å². The Labute approximate surface area is 154 Å². The van der Waals surface area contributed by atoms with Crippen LogP contribution in [0.15, 0.2) is 35.9 Å². The fourth-order valence-corrected chi connectivity index (χ4v) is 8.20. The molecule has 26 heavy (non-hydrogen) atoms. The molecule has 1 aliphatic carbocycles. The number of nitrogens with zero attached hydrogens (tertiary/aromatic N) is 2. The highest BCUT2D eigenvalue weighted by Crippen LogP contribution is 2.67. The summed E-state index contributed by atoms with van der Waals surface area (Å²) in [6, 6.07) is 9.84. The number of hydrogen-bond donors (Lipinski definition) is 0. The van der Waals surface area contributed by atoms with Crippen molar-refractivity contribution in [1.29, 1.82) is 0 Å². The van der Waals surface area contributed by atoms with Crippen LogP contribution in [0.5, 0.6) is 0 Å². The molecule has 1 aromatic carbocycles. The molecule has 4 heteroatoms. The lowest BCUT2D eigenvalue weighted by molar-refractivity contribution is -0.155. The summed E-state index contributed by atoms with van der Waals surface area (Å²) in [4.78, 5) is 16.3. The summed E-state index contributed by atoms with van der Waals surface area (Å²) in [6.45, 7) is 2.98. The Morgan fingerprint density at radius 1 is 1.31 bits per heavy atom. The molecule has 7 atom stereocenters. The number of benzene rings is 1. The first kappa shape index (κ1) is 14.6. The van der Waals surface area contributed by atoms with E-state index in [0.717, 1.165) is 6.54 Å². The van der Waals surface area contributed by atoms with Crippen LogP contribution in [0.4, 0.5) is 5.69 Å². The van der Waals surface area contributed by atoms with Crippen molar-refractivity contribution in [2.45, 2.75) is 42.9 Å². The van der Waals surface area contributed by atoms with Gasteiger partial charge in [0.1, 0.15) is 11.7 Å². The number of para-hydroxylation sites is 1. The van der Waals surface area contributed by atoms with Crippen molar-refractivity contribution in [3.05, 3.63) is 41.5 Å². The van der Waals surface area contributed by atoms with Crippen LogP contribution in [0, 0.1) is 11.8 Å². The molecule has 6 aliphatic rings. The fourth-order valence-electron chi connectivity index (χ4n) is 8.20. The number of amides is 1. The maximum absolute atomic E-state index is 13.5. The summed E-state index contributed by atoms with van der Waals surface area (Å²) in [7, 11) is 2.22. The van der Waals surface area contributed by atoms with Gasteiger partial charge in [-0.05, 0) is 31.4 Å². The van der Waals surface area contributed by atoms with E-state index in [1.807, 2.05) is 0 Å². The van der Waals surface area contributed by atoms with E-state index in [2.05, 4.69) is 42.3 Å². The molecule has 7 rings (SSSR count). The van der Waals surface area contributed by atoms with E-state index >= 15 is 0 Å². The SMILES string of the molecule is C[N+]12C(=O)CC3OCC=C4CN5CC[C@]6(c7ccccc71)C2[C@H]3[C@H]4C[C@H]56. The van der Waals surface area contributed by atoms with Gasteiger partial charge in [0, 0.05) is 24.1 Å². The molecule has 1 spiro atoms. The van der Waals surface area contributed by atoms with Crippen LogP contribution in [0.2, 0.25) is 0 Å². The molecule has 3 saturated heterocycles. The van der Waals surface area contributed by atoms with Crippen molar-refractivity contribution < 1.29 is 9.53 Å². The summed E-state index contributed by atoms with van der Waals surface area (Å²) < 4.78 is 6.83. The number of rotatable bonds is 0. The molecule has 0 aromatic heterocycles. The van der Waals surface area contributed by atoms with Crippen LogP contribution >= 0.6 is 0 Å². The molecule has 5 aliphatic heterocycles. The van der Waals surface area contributed by atoms with Crippen LogP contribution in [0.3, 0.4) is 0 Å². The Morgan fingerprint density at radius 2 is 2.19 bits per heavy atom. The lowest BCUT2D eigenvalue weighted by atomic mass is 9.53. The van der Waals surface area contributed by atoms with E-state index in [-0.39, 0.29) is 11.5 Å². The van der Waals surface area contributed by atoms with E-state index in [4.69, 9.17) is 4.74 Å². The Morgan fingerprint density at radius 3 is 3.12 bits per heavy atom. The predicted molar refractivity (Wildman–Crippen MR) is 98.6 cm³/mol. The molecule has 2 bridgehead atoms. The maximum atomic E-state index is 13.5. The number of likely N-dealkylation sites (N-methyl/N-ethyl adjacent to an activating group) is 1. The van der Waals surface area contributed by atoms with Crippen molar-refractivity contribution in [1.82, 2.24) is 9.38 Å². The van der Waals surface area contributed by atoms with Gasteiger partial charge in [-0.3, -0.25) is 4.90 Å². The molecule has 1 aromatic rings. The van der Waals surface area contributed by atoms with Gasteiger partial charge in [-0.2, -0.15) is 0 Å². The number of fused-ring (bicyclic) bond motifs is 2. The molecule has 0 N–H and O–H groups in total.